The number of piperidine rings is 2. The number of aliphatic hydroxyl groups excluding tert-OH is 1. The fraction of sp³-hybridized carbons (Fsp3) is 0.517. The quantitative estimate of drug-likeness (QED) is 0.492. The van der Waals surface area contributed by atoms with Gasteiger partial charge in [0.25, 0.3) is 0 Å². The number of fused-ring (bicyclic) bond motifs is 5. The Balaban J connectivity index is 1.37. The first-order valence-electron chi connectivity index (χ1n) is 14.4. The predicted octanol–water partition coefficient (Wildman–Crippen LogP) is 3.66. The van der Waals surface area contributed by atoms with E-state index in [-0.39, 0.29) is 11.9 Å². The first-order valence-corrected chi connectivity index (χ1v) is 16.0. The third-order valence-corrected chi connectivity index (χ3v) is 9.49. The summed E-state index contributed by atoms with van der Waals surface area (Å²) in [6.45, 7) is 4.03. The van der Waals surface area contributed by atoms with E-state index in [0.29, 0.717) is 11.6 Å². The number of aliphatic hydroxyl groups is 1. The van der Waals surface area contributed by atoms with Crippen molar-refractivity contribution in [2.24, 2.45) is 5.92 Å². The van der Waals surface area contributed by atoms with E-state index in [0.717, 1.165) is 80.5 Å². The van der Waals surface area contributed by atoms with Crippen LogP contribution in [0.4, 0.5) is 17.2 Å². The van der Waals surface area contributed by atoms with Crippen LogP contribution in [-0.2, 0) is 14.8 Å². The number of aromatic nitrogens is 3. The van der Waals surface area contributed by atoms with Crippen LogP contribution in [0.2, 0.25) is 0 Å². The summed E-state index contributed by atoms with van der Waals surface area (Å²) in [5, 5.41) is 14.1. The topological polar surface area (TPSA) is 113 Å². The summed E-state index contributed by atoms with van der Waals surface area (Å²) >= 11 is 0. The van der Waals surface area contributed by atoms with Gasteiger partial charge in [-0.1, -0.05) is 0 Å². The lowest BCUT2D eigenvalue weighted by molar-refractivity contribution is 0.0330. The van der Waals surface area contributed by atoms with Crippen molar-refractivity contribution in [3.05, 3.63) is 48.8 Å². The zero-order valence-corrected chi connectivity index (χ0v) is 23.6. The van der Waals surface area contributed by atoms with Crippen LogP contribution in [0.15, 0.2) is 48.8 Å². The minimum atomic E-state index is -3.64. The van der Waals surface area contributed by atoms with Crippen molar-refractivity contribution >= 4 is 27.2 Å². The van der Waals surface area contributed by atoms with Gasteiger partial charge in [-0.25, -0.2) is 18.1 Å². The van der Waals surface area contributed by atoms with Crippen molar-refractivity contribution < 1.29 is 18.3 Å². The molecule has 11 heteroatoms. The van der Waals surface area contributed by atoms with Gasteiger partial charge in [-0.05, 0) is 74.8 Å². The van der Waals surface area contributed by atoms with Gasteiger partial charge in [0.15, 0.2) is 0 Å². The third-order valence-electron chi connectivity index (χ3n) is 8.23. The Morgan fingerprint density at radius 3 is 2.70 bits per heavy atom. The number of anilines is 3. The molecular formula is C29H38N6O4S. The summed E-state index contributed by atoms with van der Waals surface area (Å²) in [6, 6.07) is 11.7. The molecule has 7 rings (SSSR count). The number of rotatable bonds is 4. The van der Waals surface area contributed by atoms with E-state index in [9.17, 15) is 8.42 Å². The molecule has 6 heterocycles. The maximum absolute atomic E-state index is 12.4. The summed E-state index contributed by atoms with van der Waals surface area (Å²) in [5.74, 6) is 1.29. The molecule has 0 aliphatic carbocycles. The van der Waals surface area contributed by atoms with Gasteiger partial charge in [-0.2, -0.15) is 5.10 Å². The maximum Gasteiger partial charge on any atom is 0.234 e. The molecule has 4 aliphatic heterocycles. The Kier molecular flexibility index (Phi) is 7.95. The van der Waals surface area contributed by atoms with Gasteiger partial charge in [0.2, 0.25) is 10.0 Å². The van der Waals surface area contributed by atoms with E-state index >= 15 is 0 Å². The van der Waals surface area contributed by atoms with Crippen LogP contribution in [0.5, 0.6) is 0 Å². The first kappa shape index (κ1) is 27.0. The minimum absolute atomic E-state index is 0.237. The molecule has 2 saturated heterocycles. The Labute approximate surface area is 236 Å². The Morgan fingerprint density at radius 1 is 1.00 bits per heavy atom. The SMILES string of the molecule is O=S(=O)(CCO)Nc1ccc2c(c1)N1CCC(CC1)OCCCC1CCCN(C1)c1cc(ccn1)-n1ccc-2n1. The number of hydrogen-bond acceptors (Lipinski definition) is 8. The van der Waals surface area contributed by atoms with E-state index in [2.05, 4.69) is 20.6 Å². The molecule has 0 radical (unpaired) electrons. The zero-order valence-electron chi connectivity index (χ0n) is 22.8. The predicted molar refractivity (Wildman–Crippen MR) is 157 cm³/mol. The summed E-state index contributed by atoms with van der Waals surface area (Å²) in [5.41, 5.74) is 4.12. The average molecular weight is 567 g/mol. The molecule has 0 saturated carbocycles. The second kappa shape index (κ2) is 11.8. The molecule has 0 spiro atoms. The molecule has 1 atom stereocenters. The zero-order chi connectivity index (χ0) is 27.5. The van der Waals surface area contributed by atoms with E-state index in [1.54, 1.807) is 6.07 Å². The first-order chi connectivity index (χ1) is 19.5. The lowest BCUT2D eigenvalue weighted by atomic mass is 9.93. The number of benzene rings is 1. The highest BCUT2D eigenvalue weighted by atomic mass is 32.2. The van der Waals surface area contributed by atoms with Crippen molar-refractivity contribution in [2.45, 2.75) is 44.6 Å². The fourth-order valence-electron chi connectivity index (χ4n) is 6.15. The van der Waals surface area contributed by atoms with Crippen LogP contribution in [0, 0.1) is 5.92 Å². The van der Waals surface area contributed by atoms with Gasteiger partial charge in [-0.15, -0.1) is 0 Å². The van der Waals surface area contributed by atoms with Crippen LogP contribution in [-0.4, -0.2) is 79.5 Å². The maximum atomic E-state index is 12.4. The molecule has 40 heavy (non-hydrogen) atoms. The van der Waals surface area contributed by atoms with Crippen molar-refractivity contribution in [2.75, 3.05) is 59.7 Å². The molecule has 1 aromatic carbocycles. The summed E-state index contributed by atoms with van der Waals surface area (Å²) in [4.78, 5) is 9.40. The highest BCUT2D eigenvalue weighted by molar-refractivity contribution is 7.92. The van der Waals surface area contributed by atoms with Crippen LogP contribution in [0.25, 0.3) is 16.9 Å². The highest BCUT2D eigenvalue weighted by Gasteiger charge is 2.25. The van der Waals surface area contributed by atoms with Crippen LogP contribution >= 0.6 is 0 Å². The highest BCUT2D eigenvalue weighted by Crippen LogP contribution is 2.35. The van der Waals surface area contributed by atoms with Crippen molar-refractivity contribution in [3.63, 3.8) is 0 Å². The third kappa shape index (κ3) is 6.11. The van der Waals surface area contributed by atoms with Crippen LogP contribution < -0.4 is 14.5 Å². The number of pyridine rings is 1. The number of hydrogen-bond donors (Lipinski definition) is 2. The lowest BCUT2D eigenvalue weighted by Gasteiger charge is -2.35. The largest absolute Gasteiger partial charge is 0.395 e. The molecule has 3 aromatic rings. The molecule has 10 nitrogen and oxygen atoms in total. The van der Waals surface area contributed by atoms with E-state index < -0.39 is 16.6 Å². The smallest absolute Gasteiger partial charge is 0.234 e. The number of ether oxygens (including phenoxy) is 1. The molecular weight excluding hydrogens is 528 g/mol. The Morgan fingerprint density at radius 2 is 1.85 bits per heavy atom. The van der Waals surface area contributed by atoms with Crippen molar-refractivity contribution in [1.29, 1.82) is 0 Å². The molecule has 2 N–H and O–H groups in total. The monoisotopic (exact) mass is 566 g/mol. The molecule has 8 bridgehead atoms. The summed E-state index contributed by atoms with van der Waals surface area (Å²) in [7, 11) is -3.64. The summed E-state index contributed by atoms with van der Waals surface area (Å²) < 4.78 is 35.6. The molecule has 1 unspecified atom stereocenters. The molecule has 0 amide bonds. The van der Waals surface area contributed by atoms with Gasteiger partial charge < -0.3 is 19.6 Å². The molecule has 2 fully saturated rings. The normalized spacial score (nSPS) is 21.7. The fourth-order valence-corrected chi connectivity index (χ4v) is 6.98. The second-order valence-electron chi connectivity index (χ2n) is 11.0. The minimum Gasteiger partial charge on any atom is -0.395 e. The average Bonchev–Trinajstić information content (AvgIpc) is 3.46. The van der Waals surface area contributed by atoms with Gasteiger partial charge in [0.05, 0.1) is 35.5 Å². The molecule has 4 aliphatic rings. The Bertz CT molecular complexity index is 1420. The van der Waals surface area contributed by atoms with Gasteiger partial charge in [0.1, 0.15) is 5.82 Å². The van der Waals surface area contributed by atoms with Crippen molar-refractivity contribution in [3.8, 4) is 16.9 Å². The van der Waals surface area contributed by atoms with Gasteiger partial charge in [0, 0.05) is 62.5 Å². The van der Waals surface area contributed by atoms with E-state index in [1.807, 2.05) is 41.3 Å². The second-order valence-corrected chi connectivity index (χ2v) is 12.9. The Hall–Kier alpha value is -3.15. The van der Waals surface area contributed by atoms with Crippen LogP contribution in [0.1, 0.15) is 38.5 Å². The standard InChI is InChI=1S/C29H38N6O4S/c36-16-18-40(37,38)32-23-5-6-26-27-10-15-35(31-27)24-7-11-30-29(20-24)34-12-1-3-22(21-34)4-2-17-39-25-8-13-33(14-9-25)28(26)19-23/h5-7,10-11,15,19-20,22,25,32,36H,1-4,8-9,12-14,16-18,21H2. The number of nitrogens with zero attached hydrogens (tertiary/aromatic N) is 5. The molecule has 214 valence electrons. The number of sulfonamides is 1. The van der Waals surface area contributed by atoms with Gasteiger partial charge >= 0.3 is 0 Å². The van der Waals surface area contributed by atoms with E-state index in [1.165, 1.54) is 19.3 Å². The molecule has 2 aromatic heterocycles. The number of nitrogens with one attached hydrogen (secondary N) is 1. The van der Waals surface area contributed by atoms with Gasteiger partial charge in [-0.3, -0.25) is 4.72 Å². The summed E-state index contributed by atoms with van der Waals surface area (Å²) in [6.07, 6.45) is 10.6. The van der Waals surface area contributed by atoms with Crippen molar-refractivity contribution in [1.82, 2.24) is 14.8 Å². The van der Waals surface area contributed by atoms with E-state index in [4.69, 9.17) is 19.9 Å². The lowest BCUT2D eigenvalue weighted by Crippen LogP contribution is -2.37. The van der Waals surface area contributed by atoms with Crippen LogP contribution in [0.3, 0.4) is 0 Å².